The standard InChI is InChI=1S/C11H20N2O4/c1-7(2)8(3)13(4)11(17)12-9(14)5-6-10(15)16/h7-8H,5-6H2,1-4H3,(H,15,16)(H,12,14,17). The van der Waals surface area contributed by atoms with Crippen LogP contribution in [-0.4, -0.2) is 41.0 Å². The van der Waals surface area contributed by atoms with E-state index in [0.29, 0.717) is 0 Å². The highest BCUT2D eigenvalue weighted by atomic mass is 16.4. The fourth-order valence-electron chi connectivity index (χ4n) is 1.12. The first-order chi connectivity index (χ1) is 7.75. The third-order valence-corrected chi connectivity index (χ3v) is 2.71. The van der Waals surface area contributed by atoms with Gasteiger partial charge in [-0.1, -0.05) is 13.8 Å². The molecule has 1 unspecified atom stereocenters. The molecule has 0 aliphatic heterocycles. The summed E-state index contributed by atoms with van der Waals surface area (Å²) < 4.78 is 0. The van der Waals surface area contributed by atoms with Crippen LogP contribution in [0.2, 0.25) is 0 Å². The molecule has 0 aliphatic carbocycles. The Morgan fingerprint density at radius 2 is 1.71 bits per heavy atom. The third kappa shape index (κ3) is 5.89. The summed E-state index contributed by atoms with van der Waals surface area (Å²) in [7, 11) is 1.60. The molecule has 0 saturated heterocycles. The van der Waals surface area contributed by atoms with Gasteiger partial charge in [0.2, 0.25) is 5.91 Å². The molecule has 6 heteroatoms. The highest BCUT2D eigenvalue weighted by Gasteiger charge is 2.20. The zero-order valence-electron chi connectivity index (χ0n) is 10.7. The normalized spacial score (nSPS) is 12.1. The second-order valence-electron chi connectivity index (χ2n) is 4.34. The van der Waals surface area contributed by atoms with E-state index in [9.17, 15) is 14.4 Å². The Labute approximate surface area is 101 Å². The number of nitrogens with one attached hydrogen (secondary N) is 1. The number of amides is 3. The maximum absolute atomic E-state index is 11.6. The van der Waals surface area contributed by atoms with Crippen LogP contribution < -0.4 is 5.32 Å². The number of aliphatic carboxylic acids is 1. The Kier molecular flexibility index (Phi) is 6.23. The Balaban J connectivity index is 4.16. The molecule has 0 aromatic heterocycles. The molecule has 98 valence electrons. The lowest BCUT2D eigenvalue weighted by Gasteiger charge is -2.27. The summed E-state index contributed by atoms with van der Waals surface area (Å²) in [5.74, 6) is -1.35. The molecular weight excluding hydrogens is 224 g/mol. The van der Waals surface area contributed by atoms with Gasteiger partial charge in [0.1, 0.15) is 0 Å². The Morgan fingerprint density at radius 1 is 1.18 bits per heavy atom. The van der Waals surface area contributed by atoms with Crippen LogP contribution in [0.25, 0.3) is 0 Å². The summed E-state index contributed by atoms with van der Waals surface area (Å²) in [6.07, 6.45) is -0.465. The number of carbonyl (C=O) groups excluding carboxylic acids is 2. The molecule has 2 N–H and O–H groups in total. The summed E-state index contributed by atoms with van der Waals surface area (Å²) in [6.45, 7) is 5.83. The number of carbonyl (C=O) groups is 3. The minimum atomic E-state index is -1.06. The van der Waals surface area contributed by atoms with Crippen molar-refractivity contribution in [2.24, 2.45) is 5.92 Å². The number of carboxylic acids is 1. The van der Waals surface area contributed by atoms with Gasteiger partial charge in [0.25, 0.3) is 0 Å². The van der Waals surface area contributed by atoms with E-state index in [1.165, 1.54) is 4.90 Å². The van der Waals surface area contributed by atoms with E-state index in [4.69, 9.17) is 5.11 Å². The SMILES string of the molecule is CC(C)C(C)N(C)C(=O)NC(=O)CCC(=O)O. The highest BCUT2D eigenvalue weighted by molar-refractivity contribution is 5.95. The van der Waals surface area contributed by atoms with Crippen molar-refractivity contribution >= 4 is 17.9 Å². The maximum atomic E-state index is 11.6. The Bertz CT molecular complexity index is 302. The average Bonchev–Trinajstić information content (AvgIpc) is 2.23. The van der Waals surface area contributed by atoms with Gasteiger partial charge < -0.3 is 10.0 Å². The summed E-state index contributed by atoms with van der Waals surface area (Å²) >= 11 is 0. The predicted molar refractivity (Wildman–Crippen MR) is 62.5 cm³/mol. The van der Waals surface area contributed by atoms with Crippen molar-refractivity contribution < 1.29 is 19.5 Å². The quantitative estimate of drug-likeness (QED) is 0.757. The molecule has 0 heterocycles. The van der Waals surface area contributed by atoms with Crippen LogP contribution in [-0.2, 0) is 9.59 Å². The first-order valence-electron chi connectivity index (χ1n) is 5.54. The van der Waals surface area contributed by atoms with Gasteiger partial charge >= 0.3 is 12.0 Å². The van der Waals surface area contributed by atoms with Crippen LogP contribution in [0, 0.1) is 5.92 Å². The lowest BCUT2D eigenvalue weighted by molar-refractivity contribution is -0.138. The van der Waals surface area contributed by atoms with E-state index in [1.807, 2.05) is 20.8 Å². The number of imide groups is 1. The summed E-state index contributed by atoms with van der Waals surface area (Å²) in [4.78, 5) is 34.5. The summed E-state index contributed by atoms with van der Waals surface area (Å²) in [5.41, 5.74) is 0. The van der Waals surface area contributed by atoms with Gasteiger partial charge in [-0.25, -0.2) is 4.79 Å². The lowest BCUT2D eigenvalue weighted by atomic mass is 10.1. The molecule has 1 atom stereocenters. The topological polar surface area (TPSA) is 86.7 Å². The largest absolute Gasteiger partial charge is 0.481 e. The van der Waals surface area contributed by atoms with Gasteiger partial charge in [-0.2, -0.15) is 0 Å². The van der Waals surface area contributed by atoms with Crippen molar-refractivity contribution in [3.05, 3.63) is 0 Å². The van der Waals surface area contributed by atoms with Crippen LogP contribution in [0.15, 0.2) is 0 Å². The van der Waals surface area contributed by atoms with E-state index < -0.39 is 17.9 Å². The molecule has 0 aromatic rings. The molecule has 6 nitrogen and oxygen atoms in total. The molecule has 0 radical (unpaired) electrons. The molecule has 0 aliphatic rings. The third-order valence-electron chi connectivity index (χ3n) is 2.71. The van der Waals surface area contributed by atoms with Crippen molar-refractivity contribution in [2.75, 3.05) is 7.05 Å². The number of carboxylic acid groups (broad SMARTS) is 1. The zero-order valence-corrected chi connectivity index (χ0v) is 10.7. The second-order valence-corrected chi connectivity index (χ2v) is 4.34. The van der Waals surface area contributed by atoms with Gasteiger partial charge in [-0.3, -0.25) is 14.9 Å². The Hall–Kier alpha value is -1.59. The van der Waals surface area contributed by atoms with E-state index in [0.717, 1.165) is 0 Å². The number of urea groups is 1. The Morgan fingerprint density at radius 3 is 2.12 bits per heavy atom. The van der Waals surface area contributed by atoms with Crippen LogP contribution in [0.4, 0.5) is 4.79 Å². The van der Waals surface area contributed by atoms with Crippen LogP contribution in [0.1, 0.15) is 33.6 Å². The summed E-state index contributed by atoms with van der Waals surface area (Å²) in [6, 6.07) is -0.496. The average molecular weight is 244 g/mol. The van der Waals surface area contributed by atoms with Crippen LogP contribution in [0.3, 0.4) is 0 Å². The van der Waals surface area contributed by atoms with E-state index in [1.54, 1.807) is 7.05 Å². The highest BCUT2D eigenvalue weighted by Crippen LogP contribution is 2.07. The van der Waals surface area contributed by atoms with Crippen LogP contribution >= 0.6 is 0 Å². The monoisotopic (exact) mass is 244 g/mol. The van der Waals surface area contributed by atoms with E-state index in [-0.39, 0.29) is 24.8 Å². The van der Waals surface area contributed by atoms with Gasteiger partial charge in [0, 0.05) is 19.5 Å². The van der Waals surface area contributed by atoms with E-state index >= 15 is 0 Å². The van der Waals surface area contributed by atoms with Gasteiger partial charge in [-0.15, -0.1) is 0 Å². The molecular formula is C11H20N2O4. The smallest absolute Gasteiger partial charge is 0.324 e. The van der Waals surface area contributed by atoms with Crippen molar-refractivity contribution in [3.8, 4) is 0 Å². The number of nitrogens with zero attached hydrogens (tertiary/aromatic N) is 1. The molecule has 0 fully saturated rings. The minimum absolute atomic E-state index is 0.00211. The predicted octanol–water partition coefficient (Wildman–Crippen LogP) is 1.06. The fraction of sp³-hybridized carbons (Fsp3) is 0.727. The van der Waals surface area contributed by atoms with Crippen molar-refractivity contribution in [1.82, 2.24) is 10.2 Å². The molecule has 0 saturated carbocycles. The van der Waals surface area contributed by atoms with Crippen molar-refractivity contribution in [1.29, 1.82) is 0 Å². The first kappa shape index (κ1) is 15.4. The van der Waals surface area contributed by atoms with Crippen LogP contribution in [0.5, 0.6) is 0 Å². The number of hydrogen-bond acceptors (Lipinski definition) is 3. The fourth-order valence-corrected chi connectivity index (χ4v) is 1.12. The number of rotatable bonds is 5. The lowest BCUT2D eigenvalue weighted by Crippen LogP contribution is -2.46. The van der Waals surface area contributed by atoms with Gasteiger partial charge in [0.05, 0.1) is 6.42 Å². The minimum Gasteiger partial charge on any atom is -0.481 e. The van der Waals surface area contributed by atoms with Gasteiger partial charge in [0.15, 0.2) is 0 Å². The van der Waals surface area contributed by atoms with E-state index in [2.05, 4.69) is 5.32 Å². The molecule has 0 rings (SSSR count). The molecule has 0 aromatic carbocycles. The first-order valence-corrected chi connectivity index (χ1v) is 5.54. The number of hydrogen-bond donors (Lipinski definition) is 2. The van der Waals surface area contributed by atoms with Crippen molar-refractivity contribution in [3.63, 3.8) is 0 Å². The van der Waals surface area contributed by atoms with Crippen molar-refractivity contribution in [2.45, 2.75) is 39.7 Å². The van der Waals surface area contributed by atoms with Gasteiger partial charge in [-0.05, 0) is 12.8 Å². The molecule has 0 bridgehead atoms. The molecule has 0 spiro atoms. The summed E-state index contributed by atoms with van der Waals surface area (Å²) in [5, 5.41) is 10.5. The molecule has 3 amide bonds. The zero-order chi connectivity index (χ0) is 13.6. The molecule has 17 heavy (non-hydrogen) atoms. The second kappa shape index (κ2) is 6.88. The maximum Gasteiger partial charge on any atom is 0.324 e.